The van der Waals surface area contributed by atoms with Crippen molar-refractivity contribution in [3.63, 3.8) is 0 Å². The van der Waals surface area contributed by atoms with E-state index in [1.807, 2.05) is 52.0 Å². The lowest BCUT2D eigenvalue weighted by atomic mass is 10.1. The maximum absolute atomic E-state index is 12.7. The fraction of sp³-hybridized carbons (Fsp3) is 0.357. The Morgan fingerprint density at radius 1 is 1.08 bits per heavy atom. The minimum Gasteiger partial charge on any atom is -0.481 e. The molecule has 4 heterocycles. The Morgan fingerprint density at radius 3 is 2.61 bits per heavy atom. The minimum absolute atomic E-state index is 0.269. The van der Waals surface area contributed by atoms with Gasteiger partial charge in [0.15, 0.2) is 0 Å². The van der Waals surface area contributed by atoms with Gasteiger partial charge in [-0.15, -0.1) is 11.3 Å². The van der Waals surface area contributed by atoms with Crippen LogP contribution in [0, 0.1) is 6.92 Å². The van der Waals surface area contributed by atoms with E-state index in [4.69, 9.17) is 14.2 Å². The molecule has 9 nitrogen and oxygen atoms in total. The van der Waals surface area contributed by atoms with Crippen LogP contribution in [0.2, 0.25) is 0 Å². The van der Waals surface area contributed by atoms with E-state index < -0.39 is 5.60 Å². The van der Waals surface area contributed by atoms with Gasteiger partial charge in [0, 0.05) is 29.7 Å². The van der Waals surface area contributed by atoms with Gasteiger partial charge in [-0.1, -0.05) is 0 Å². The lowest BCUT2D eigenvalue weighted by Gasteiger charge is -2.26. The van der Waals surface area contributed by atoms with E-state index in [9.17, 15) is 4.79 Å². The molecule has 1 aromatic carbocycles. The maximum Gasteiger partial charge on any atom is 0.410 e. The average molecular weight is 534 g/mol. The van der Waals surface area contributed by atoms with Gasteiger partial charge in [0.05, 0.1) is 18.7 Å². The van der Waals surface area contributed by atoms with Crippen LogP contribution < -0.4 is 14.8 Å². The average Bonchev–Trinajstić information content (AvgIpc) is 3.10. The molecule has 1 N–H and O–H groups in total. The van der Waals surface area contributed by atoms with Crippen LogP contribution in [0.25, 0.3) is 10.2 Å². The zero-order valence-corrected chi connectivity index (χ0v) is 23.0. The van der Waals surface area contributed by atoms with Crippen LogP contribution in [0.3, 0.4) is 0 Å². The SMILES string of the molecule is COc1ccc(Oc2ccc(Nc3ncnc4sc5c(c34)CCN(C(=O)OC(C)(C)C)CC5)cc2C)cn1. The van der Waals surface area contributed by atoms with Crippen molar-refractivity contribution in [3.05, 3.63) is 58.9 Å². The lowest BCUT2D eigenvalue weighted by Crippen LogP contribution is -2.38. The predicted octanol–water partition coefficient (Wildman–Crippen LogP) is 6.27. The van der Waals surface area contributed by atoms with Crippen LogP contribution in [-0.4, -0.2) is 51.7 Å². The van der Waals surface area contributed by atoms with Crippen molar-refractivity contribution in [2.24, 2.45) is 0 Å². The molecule has 10 heteroatoms. The van der Waals surface area contributed by atoms with Crippen LogP contribution >= 0.6 is 11.3 Å². The second kappa shape index (κ2) is 10.4. The predicted molar refractivity (Wildman–Crippen MR) is 148 cm³/mol. The molecule has 0 saturated heterocycles. The summed E-state index contributed by atoms with van der Waals surface area (Å²) in [5.41, 5.74) is 2.54. The van der Waals surface area contributed by atoms with E-state index in [1.54, 1.807) is 41.9 Å². The number of anilines is 2. The van der Waals surface area contributed by atoms with E-state index in [0.717, 1.165) is 45.9 Å². The molecule has 0 unspecified atom stereocenters. The number of carbonyl (C=O) groups excluding carboxylic acids is 1. The molecule has 0 saturated carbocycles. The maximum atomic E-state index is 12.7. The summed E-state index contributed by atoms with van der Waals surface area (Å²) in [5, 5.41) is 4.50. The smallest absolute Gasteiger partial charge is 0.410 e. The van der Waals surface area contributed by atoms with Crippen molar-refractivity contribution in [2.75, 3.05) is 25.5 Å². The molecule has 0 atom stereocenters. The fourth-order valence-corrected chi connectivity index (χ4v) is 5.53. The van der Waals surface area contributed by atoms with Gasteiger partial charge in [0.25, 0.3) is 0 Å². The highest BCUT2D eigenvalue weighted by atomic mass is 32.1. The number of carbonyl (C=O) groups is 1. The number of benzene rings is 1. The van der Waals surface area contributed by atoms with Crippen LogP contribution in [0.5, 0.6) is 17.4 Å². The molecule has 4 aromatic rings. The van der Waals surface area contributed by atoms with E-state index >= 15 is 0 Å². The quantitative estimate of drug-likeness (QED) is 0.320. The summed E-state index contributed by atoms with van der Waals surface area (Å²) in [6, 6.07) is 9.49. The highest BCUT2D eigenvalue weighted by Gasteiger charge is 2.27. The number of aromatic nitrogens is 3. The van der Waals surface area contributed by atoms with Gasteiger partial charge in [-0.05, 0) is 75.9 Å². The van der Waals surface area contributed by atoms with E-state index in [-0.39, 0.29) is 6.09 Å². The Kier molecular flexibility index (Phi) is 7.07. The topological polar surface area (TPSA) is 98.7 Å². The molecule has 1 aliphatic rings. The number of hydrogen-bond acceptors (Lipinski definition) is 9. The Labute approximate surface area is 225 Å². The molecule has 1 aliphatic heterocycles. The molecule has 5 rings (SSSR count). The van der Waals surface area contributed by atoms with Crippen LogP contribution in [-0.2, 0) is 17.6 Å². The summed E-state index contributed by atoms with van der Waals surface area (Å²) in [6.45, 7) is 8.87. The summed E-state index contributed by atoms with van der Waals surface area (Å²) in [5.74, 6) is 2.66. The normalized spacial score (nSPS) is 13.6. The number of fused-ring (bicyclic) bond motifs is 3. The lowest BCUT2D eigenvalue weighted by molar-refractivity contribution is 0.0259. The molecule has 0 spiro atoms. The molecule has 38 heavy (non-hydrogen) atoms. The highest BCUT2D eigenvalue weighted by Crippen LogP contribution is 2.37. The van der Waals surface area contributed by atoms with Crippen LogP contribution in [0.1, 0.15) is 36.8 Å². The largest absolute Gasteiger partial charge is 0.481 e. The highest BCUT2D eigenvalue weighted by molar-refractivity contribution is 7.19. The first-order valence-electron chi connectivity index (χ1n) is 12.5. The minimum atomic E-state index is -0.518. The summed E-state index contributed by atoms with van der Waals surface area (Å²) in [6.07, 6.45) is 4.44. The summed E-state index contributed by atoms with van der Waals surface area (Å²) >= 11 is 1.67. The van der Waals surface area contributed by atoms with E-state index in [1.165, 1.54) is 10.4 Å². The monoisotopic (exact) mass is 533 g/mol. The fourth-order valence-electron chi connectivity index (χ4n) is 4.35. The first kappa shape index (κ1) is 25.7. The number of nitrogens with zero attached hydrogens (tertiary/aromatic N) is 4. The van der Waals surface area contributed by atoms with Crippen LogP contribution in [0.4, 0.5) is 16.3 Å². The van der Waals surface area contributed by atoms with E-state index in [0.29, 0.717) is 24.7 Å². The van der Waals surface area contributed by atoms with Gasteiger partial charge in [-0.3, -0.25) is 0 Å². The van der Waals surface area contributed by atoms with Crippen LogP contribution in [0.15, 0.2) is 42.9 Å². The first-order chi connectivity index (χ1) is 18.2. The van der Waals surface area contributed by atoms with Gasteiger partial charge in [-0.25, -0.2) is 19.7 Å². The summed E-state index contributed by atoms with van der Waals surface area (Å²) in [4.78, 5) is 30.0. The zero-order chi connectivity index (χ0) is 26.9. The van der Waals surface area contributed by atoms with Gasteiger partial charge in [0.2, 0.25) is 5.88 Å². The Bertz CT molecular complexity index is 1460. The van der Waals surface area contributed by atoms with Crippen molar-refractivity contribution < 1.29 is 19.0 Å². The molecular formula is C28H31N5O4S. The number of amides is 1. The summed E-state index contributed by atoms with van der Waals surface area (Å²) in [7, 11) is 1.58. The molecule has 198 valence electrons. The van der Waals surface area contributed by atoms with Crippen molar-refractivity contribution in [3.8, 4) is 17.4 Å². The molecule has 1 amide bonds. The standard InChI is InChI=1S/C28H31N5O4S/c1-17-14-18(6-8-21(17)36-19-7-9-23(35-5)29-15-19)32-25-24-20-10-12-33(27(34)37-28(2,3)4)13-11-22(20)38-26(24)31-16-30-25/h6-9,14-16H,10-13H2,1-5H3,(H,30,31,32). The molecule has 0 radical (unpaired) electrons. The second-order valence-electron chi connectivity index (χ2n) is 10.1. The zero-order valence-electron chi connectivity index (χ0n) is 22.2. The molecule has 0 fully saturated rings. The number of nitrogens with one attached hydrogen (secondary N) is 1. The van der Waals surface area contributed by atoms with Gasteiger partial charge < -0.3 is 24.4 Å². The second-order valence-corrected chi connectivity index (χ2v) is 11.2. The number of hydrogen-bond donors (Lipinski definition) is 1. The van der Waals surface area contributed by atoms with Crippen molar-refractivity contribution in [1.29, 1.82) is 0 Å². The summed E-state index contributed by atoms with van der Waals surface area (Å²) < 4.78 is 16.7. The van der Waals surface area contributed by atoms with Gasteiger partial charge in [-0.2, -0.15) is 0 Å². The molecule has 3 aromatic heterocycles. The molecular weight excluding hydrogens is 502 g/mol. The molecule has 0 aliphatic carbocycles. The third-order valence-corrected chi connectivity index (χ3v) is 7.35. The van der Waals surface area contributed by atoms with Crippen molar-refractivity contribution in [2.45, 2.75) is 46.1 Å². The van der Waals surface area contributed by atoms with Gasteiger partial charge >= 0.3 is 6.09 Å². The number of ether oxygens (including phenoxy) is 3. The number of methoxy groups -OCH3 is 1. The number of thiophene rings is 1. The Balaban J connectivity index is 1.35. The van der Waals surface area contributed by atoms with E-state index in [2.05, 4.69) is 20.3 Å². The number of aryl methyl sites for hydroxylation is 1. The molecule has 0 bridgehead atoms. The third kappa shape index (κ3) is 5.65. The number of pyridine rings is 1. The van der Waals surface area contributed by atoms with Crippen molar-refractivity contribution >= 4 is 39.2 Å². The van der Waals surface area contributed by atoms with Crippen molar-refractivity contribution in [1.82, 2.24) is 19.9 Å². The Hall–Kier alpha value is -3.92. The third-order valence-electron chi connectivity index (χ3n) is 6.15. The van der Waals surface area contributed by atoms with Gasteiger partial charge in [0.1, 0.15) is 34.1 Å². The number of rotatable bonds is 5. The first-order valence-corrected chi connectivity index (χ1v) is 13.3. The Morgan fingerprint density at radius 2 is 1.89 bits per heavy atom.